The first-order chi connectivity index (χ1) is 13.8. The molecule has 0 unspecified atom stereocenters. The first kappa shape index (κ1) is 21.2. The highest BCUT2D eigenvalue weighted by Crippen LogP contribution is 2.27. The zero-order valence-electron chi connectivity index (χ0n) is 16.6. The number of benzene rings is 2. The summed E-state index contributed by atoms with van der Waals surface area (Å²) in [4.78, 5) is 27.3. The Balaban J connectivity index is 1.96. The average Bonchev–Trinajstić information content (AvgIpc) is 2.74. The van der Waals surface area contributed by atoms with Gasteiger partial charge in [0.1, 0.15) is 12.1 Å². The van der Waals surface area contributed by atoms with E-state index in [9.17, 15) is 18.0 Å². The molecule has 1 fully saturated rings. The van der Waals surface area contributed by atoms with Gasteiger partial charge in [0.05, 0.1) is 10.9 Å². The number of carbonyl (C=O) groups is 2. The first-order valence-electron chi connectivity index (χ1n) is 9.24. The summed E-state index contributed by atoms with van der Waals surface area (Å²) in [7, 11) is -0.995. The minimum Gasteiger partial charge on any atom is -0.372 e. The Hall–Kier alpha value is -2.55. The summed E-state index contributed by atoms with van der Waals surface area (Å²) in [5.74, 6) is -0.670. The Morgan fingerprint density at radius 2 is 1.62 bits per heavy atom. The van der Waals surface area contributed by atoms with Crippen molar-refractivity contribution in [3.8, 4) is 0 Å². The van der Waals surface area contributed by atoms with Gasteiger partial charge in [-0.05, 0) is 31.2 Å². The largest absolute Gasteiger partial charge is 0.372 e. The van der Waals surface area contributed by atoms with Crippen LogP contribution in [0.2, 0.25) is 0 Å². The number of ketones is 1. The van der Waals surface area contributed by atoms with E-state index >= 15 is 0 Å². The number of sulfonamides is 1. The fourth-order valence-electron chi connectivity index (χ4n) is 3.60. The number of likely N-dealkylation sites (N-methyl/N-ethyl adjacent to an activating group) is 1. The van der Waals surface area contributed by atoms with Gasteiger partial charge < -0.3 is 9.64 Å². The van der Waals surface area contributed by atoms with Crippen molar-refractivity contribution in [2.24, 2.45) is 0 Å². The minimum absolute atomic E-state index is 0.131. The van der Waals surface area contributed by atoms with Gasteiger partial charge in [-0.1, -0.05) is 36.4 Å². The molecule has 1 aliphatic heterocycles. The number of hydrogen-bond acceptors (Lipinski definition) is 5. The third kappa shape index (κ3) is 3.96. The van der Waals surface area contributed by atoms with E-state index in [1.807, 2.05) is 0 Å². The Morgan fingerprint density at radius 1 is 1.07 bits per heavy atom. The van der Waals surface area contributed by atoms with Gasteiger partial charge in [0.25, 0.3) is 5.91 Å². The van der Waals surface area contributed by atoms with Crippen LogP contribution in [-0.2, 0) is 19.6 Å². The van der Waals surface area contributed by atoms with Crippen LogP contribution in [0.5, 0.6) is 0 Å². The second-order valence-electron chi connectivity index (χ2n) is 6.98. The van der Waals surface area contributed by atoms with Crippen molar-refractivity contribution in [3.05, 3.63) is 66.2 Å². The first-order valence-corrected chi connectivity index (χ1v) is 10.7. The van der Waals surface area contributed by atoms with Crippen LogP contribution >= 0.6 is 0 Å². The number of nitrogens with zero attached hydrogens (tertiary/aromatic N) is 2. The molecule has 2 aromatic rings. The van der Waals surface area contributed by atoms with E-state index in [4.69, 9.17) is 4.74 Å². The van der Waals surface area contributed by atoms with Gasteiger partial charge >= 0.3 is 0 Å². The number of Topliss-reactive ketones (excluding diaryl/α,β-unsaturated/α-hetero) is 1. The van der Waals surface area contributed by atoms with Gasteiger partial charge in [0.15, 0.2) is 5.78 Å². The normalized spacial score (nSPS) is 23.0. The highest BCUT2D eigenvalue weighted by atomic mass is 32.2. The maximum Gasteiger partial charge on any atom is 0.254 e. The lowest BCUT2D eigenvalue weighted by Crippen LogP contribution is -2.64. The lowest BCUT2D eigenvalue weighted by atomic mass is 9.95. The zero-order valence-corrected chi connectivity index (χ0v) is 17.4. The summed E-state index contributed by atoms with van der Waals surface area (Å²) in [6.07, 6.45) is -0.974. The fraction of sp³-hybridized carbons (Fsp3) is 0.333. The highest BCUT2D eigenvalue weighted by molar-refractivity contribution is 7.89. The molecular weight excluding hydrogens is 392 g/mol. The summed E-state index contributed by atoms with van der Waals surface area (Å²) in [6.45, 7) is 1.51. The molecule has 154 valence electrons. The Morgan fingerprint density at radius 3 is 2.17 bits per heavy atom. The Kier molecular flexibility index (Phi) is 6.16. The smallest absolute Gasteiger partial charge is 0.254 e. The summed E-state index contributed by atoms with van der Waals surface area (Å²) in [6, 6.07) is 14.9. The van der Waals surface area contributed by atoms with E-state index in [2.05, 4.69) is 0 Å². The average molecular weight is 416 g/mol. The van der Waals surface area contributed by atoms with Gasteiger partial charge in [0, 0.05) is 26.3 Å². The molecule has 0 bridgehead atoms. The third-order valence-corrected chi connectivity index (χ3v) is 7.23. The van der Waals surface area contributed by atoms with Gasteiger partial charge in [-0.3, -0.25) is 9.59 Å². The lowest BCUT2D eigenvalue weighted by Gasteiger charge is -2.43. The predicted octanol–water partition coefficient (Wildman–Crippen LogP) is 1.80. The Bertz CT molecular complexity index is 979. The highest BCUT2D eigenvalue weighted by Gasteiger charge is 2.48. The van der Waals surface area contributed by atoms with Crippen LogP contribution in [0.25, 0.3) is 0 Å². The summed E-state index contributed by atoms with van der Waals surface area (Å²) < 4.78 is 33.1. The van der Waals surface area contributed by atoms with Crippen LogP contribution in [0.15, 0.2) is 65.6 Å². The monoisotopic (exact) mass is 416 g/mol. The van der Waals surface area contributed by atoms with Crippen molar-refractivity contribution >= 4 is 21.7 Å². The molecule has 7 nitrogen and oxygen atoms in total. The molecule has 0 aromatic heterocycles. The molecule has 1 saturated heterocycles. The molecular formula is C21H24N2O5S. The van der Waals surface area contributed by atoms with E-state index < -0.39 is 28.2 Å². The van der Waals surface area contributed by atoms with Crippen LogP contribution < -0.4 is 0 Å². The topological polar surface area (TPSA) is 84.0 Å². The molecule has 0 radical (unpaired) electrons. The molecule has 1 amide bonds. The van der Waals surface area contributed by atoms with Gasteiger partial charge in [-0.25, -0.2) is 8.42 Å². The molecule has 1 heterocycles. The van der Waals surface area contributed by atoms with E-state index in [0.717, 1.165) is 0 Å². The molecule has 0 spiro atoms. The van der Waals surface area contributed by atoms with Gasteiger partial charge in [-0.2, -0.15) is 4.31 Å². The molecule has 0 aliphatic carbocycles. The van der Waals surface area contributed by atoms with Crippen LogP contribution in [0.3, 0.4) is 0 Å². The number of methoxy groups -OCH3 is 1. The van der Waals surface area contributed by atoms with Gasteiger partial charge in [0.2, 0.25) is 10.0 Å². The molecule has 0 N–H and O–H groups in total. The molecule has 1 aliphatic rings. The van der Waals surface area contributed by atoms with Crippen molar-refractivity contribution in [3.63, 3.8) is 0 Å². The van der Waals surface area contributed by atoms with E-state index in [1.165, 1.54) is 35.5 Å². The van der Waals surface area contributed by atoms with Crippen LogP contribution in [0, 0.1) is 0 Å². The number of carbonyl (C=O) groups excluding carboxylic acids is 2. The molecule has 2 aromatic carbocycles. The SMILES string of the molecule is CO[C@H]1C(=O)[C@@H](N(C)C(=O)c2ccccc2)CN(S(=O)(=O)c2ccccc2)[C@H]1C. The van der Waals surface area contributed by atoms with Crippen molar-refractivity contribution in [1.29, 1.82) is 0 Å². The lowest BCUT2D eigenvalue weighted by molar-refractivity contribution is -0.140. The van der Waals surface area contributed by atoms with E-state index in [0.29, 0.717) is 5.56 Å². The molecule has 8 heteroatoms. The second kappa shape index (κ2) is 8.44. The van der Waals surface area contributed by atoms with Crippen molar-refractivity contribution in [1.82, 2.24) is 9.21 Å². The number of rotatable bonds is 5. The van der Waals surface area contributed by atoms with E-state index in [-0.39, 0.29) is 23.1 Å². The summed E-state index contributed by atoms with van der Waals surface area (Å²) in [5, 5.41) is 0. The fourth-order valence-corrected chi connectivity index (χ4v) is 5.26. The third-order valence-electron chi connectivity index (χ3n) is 5.27. The molecule has 29 heavy (non-hydrogen) atoms. The number of hydrogen-bond donors (Lipinski definition) is 0. The molecule has 0 saturated carbocycles. The Labute approximate surface area is 170 Å². The van der Waals surface area contributed by atoms with Crippen LogP contribution in [-0.4, -0.2) is 68.2 Å². The van der Waals surface area contributed by atoms with Crippen LogP contribution in [0.4, 0.5) is 0 Å². The second-order valence-corrected chi connectivity index (χ2v) is 8.88. The minimum atomic E-state index is -3.87. The van der Waals surface area contributed by atoms with Crippen LogP contribution in [0.1, 0.15) is 17.3 Å². The standard InChI is InChI=1S/C21H24N2O5S/c1-15-20(28-3)19(24)18(22(2)21(25)16-10-6-4-7-11-16)14-23(15)29(26,27)17-12-8-5-9-13-17/h4-13,15,18,20H,14H2,1-3H3/t15-,18-,20+/m0/s1. The molecule has 3 rings (SSSR count). The van der Waals surface area contributed by atoms with Crippen molar-refractivity contribution in [2.45, 2.75) is 30.0 Å². The number of ether oxygens (including phenoxy) is 1. The summed E-state index contributed by atoms with van der Waals surface area (Å²) >= 11 is 0. The maximum atomic E-state index is 13.2. The number of amides is 1. The van der Waals surface area contributed by atoms with Crippen molar-refractivity contribution < 1.29 is 22.7 Å². The van der Waals surface area contributed by atoms with Crippen molar-refractivity contribution in [2.75, 3.05) is 20.7 Å². The summed E-state index contributed by atoms with van der Waals surface area (Å²) in [5.41, 5.74) is 0.424. The quantitative estimate of drug-likeness (QED) is 0.742. The van der Waals surface area contributed by atoms with Gasteiger partial charge in [-0.15, -0.1) is 0 Å². The van der Waals surface area contributed by atoms with E-state index in [1.54, 1.807) is 55.5 Å². The zero-order chi connectivity index (χ0) is 21.2. The maximum absolute atomic E-state index is 13.2. The number of piperidine rings is 1. The molecule has 3 atom stereocenters. The predicted molar refractivity (Wildman–Crippen MR) is 108 cm³/mol.